The number of carbonyl (C=O) groups is 1. The molecule has 8 heteroatoms. The van der Waals surface area contributed by atoms with Crippen LogP contribution in [0.4, 0.5) is 5.69 Å². The molecule has 3 aromatic rings. The van der Waals surface area contributed by atoms with Crippen LogP contribution in [0.15, 0.2) is 34.9 Å². The number of nitrogens with zero attached hydrogens (tertiary/aromatic N) is 5. The second kappa shape index (κ2) is 8.16. The molecule has 3 heterocycles. The number of hydrogen-bond acceptors (Lipinski definition) is 6. The number of nitrogens with one attached hydrogen (secondary N) is 1. The average Bonchev–Trinajstić information content (AvgIpc) is 3.27. The highest BCUT2D eigenvalue weighted by molar-refractivity contribution is 5.94. The quantitative estimate of drug-likeness (QED) is 0.715. The molecule has 4 rings (SSSR count). The van der Waals surface area contributed by atoms with Gasteiger partial charge in [-0.2, -0.15) is 10.1 Å². The number of benzene rings is 1. The van der Waals surface area contributed by atoms with Crippen molar-refractivity contribution >= 4 is 11.6 Å². The van der Waals surface area contributed by atoms with Gasteiger partial charge >= 0.3 is 0 Å². The molecule has 0 radical (unpaired) electrons. The lowest BCUT2D eigenvalue weighted by Crippen LogP contribution is -2.46. The van der Waals surface area contributed by atoms with Gasteiger partial charge in [0, 0.05) is 11.4 Å². The first-order valence-corrected chi connectivity index (χ1v) is 9.97. The topological polar surface area (TPSA) is 89.1 Å². The molecule has 152 valence electrons. The van der Waals surface area contributed by atoms with Crippen molar-refractivity contribution in [1.29, 1.82) is 0 Å². The summed E-state index contributed by atoms with van der Waals surface area (Å²) in [5.41, 5.74) is 3.81. The molecule has 2 aromatic heterocycles. The maximum atomic E-state index is 12.9. The molecule has 1 aromatic carbocycles. The lowest BCUT2D eigenvalue weighted by atomic mass is 10.0. The van der Waals surface area contributed by atoms with Crippen LogP contribution >= 0.6 is 0 Å². The van der Waals surface area contributed by atoms with E-state index in [0.717, 1.165) is 48.6 Å². The van der Waals surface area contributed by atoms with Gasteiger partial charge in [0.25, 0.3) is 0 Å². The van der Waals surface area contributed by atoms with E-state index in [-0.39, 0.29) is 11.9 Å². The predicted molar refractivity (Wildman–Crippen MR) is 109 cm³/mol. The average molecular weight is 394 g/mol. The molecule has 0 bridgehead atoms. The van der Waals surface area contributed by atoms with E-state index in [1.54, 1.807) is 6.92 Å². The normalized spacial score (nSPS) is 17.4. The van der Waals surface area contributed by atoms with Crippen LogP contribution < -0.4 is 5.32 Å². The van der Waals surface area contributed by atoms with Gasteiger partial charge in [0.1, 0.15) is 0 Å². The van der Waals surface area contributed by atoms with Crippen LogP contribution in [-0.2, 0) is 11.3 Å². The first-order valence-electron chi connectivity index (χ1n) is 9.97. The van der Waals surface area contributed by atoms with Crippen LogP contribution in [0.3, 0.4) is 0 Å². The van der Waals surface area contributed by atoms with Gasteiger partial charge < -0.3 is 9.84 Å². The number of likely N-dealkylation sites (tertiary alicyclic amines) is 1. The van der Waals surface area contributed by atoms with Gasteiger partial charge in [-0.1, -0.05) is 11.6 Å². The summed E-state index contributed by atoms with van der Waals surface area (Å²) >= 11 is 0. The summed E-state index contributed by atoms with van der Waals surface area (Å²) in [6, 6.07) is 9.60. The van der Waals surface area contributed by atoms with E-state index < -0.39 is 0 Å². The van der Waals surface area contributed by atoms with Crippen molar-refractivity contribution in [3.63, 3.8) is 0 Å². The highest BCUT2D eigenvalue weighted by Gasteiger charge is 2.30. The Morgan fingerprint density at radius 1 is 1.21 bits per heavy atom. The molecular formula is C21H26N6O2. The molecule has 0 saturated carbocycles. The molecule has 1 saturated heterocycles. The van der Waals surface area contributed by atoms with Crippen molar-refractivity contribution in [2.24, 2.45) is 0 Å². The number of aromatic nitrogens is 4. The van der Waals surface area contributed by atoms with Crippen LogP contribution in [0.25, 0.3) is 5.69 Å². The molecule has 29 heavy (non-hydrogen) atoms. The Kier molecular flexibility index (Phi) is 5.44. The SMILES string of the molecule is Cc1cc(C)n(-c2ccc(NC(=O)[C@@H]3CCCCN3Cc3nc(C)no3)cc2)n1. The van der Waals surface area contributed by atoms with E-state index in [2.05, 4.69) is 25.5 Å². The monoisotopic (exact) mass is 394 g/mol. The molecule has 0 aliphatic carbocycles. The molecule has 1 atom stereocenters. The fourth-order valence-electron chi connectivity index (χ4n) is 3.86. The van der Waals surface area contributed by atoms with E-state index in [1.165, 1.54) is 0 Å². The zero-order valence-corrected chi connectivity index (χ0v) is 17.1. The third-order valence-electron chi connectivity index (χ3n) is 5.21. The number of anilines is 1. The molecule has 1 amide bonds. The van der Waals surface area contributed by atoms with Crippen LogP contribution in [0.5, 0.6) is 0 Å². The minimum Gasteiger partial charge on any atom is -0.338 e. The summed E-state index contributed by atoms with van der Waals surface area (Å²) in [7, 11) is 0. The van der Waals surface area contributed by atoms with Crippen LogP contribution in [0.2, 0.25) is 0 Å². The number of amides is 1. The number of piperidine rings is 1. The molecule has 1 fully saturated rings. The van der Waals surface area contributed by atoms with Gasteiger partial charge in [0.15, 0.2) is 5.82 Å². The summed E-state index contributed by atoms with van der Waals surface area (Å²) < 4.78 is 7.14. The van der Waals surface area contributed by atoms with Gasteiger partial charge in [0.05, 0.1) is 24.0 Å². The lowest BCUT2D eigenvalue weighted by molar-refractivity contribution is -0.122. The standard InChI is InChI=1S/C21H26N6O2/c1-14-12-15(2)27(24-14)18-9-7-17(8-10-18)23-21(28)19-6-4-5-11-26(19)13-20-22-16(3)25-29-20/h7-10,12,19H,4-6,11,13H2,1-3H3,(H,23,28)/t19-/m0/s1. The number of hydrogen-bond donors (Lipinski definition) is 1. The maximum absolute atomic E-state index is 12.9. The van der Waals surface area contributed by atoms with Crippen molar-refractivity contribution < 1.29 is 9.32 Å². The zero-order chi connectivity index (χ0) is 20.4. The van der Waals surface area contributed by atoms with Gasteiger partial charge in [-0.15, -0.1) is 0 Å². The molecule has 1 N–H and O–H groups in total. The molecule has 0 unspecified atom stereocenters. The summed E-state index contributed by atoms with van der Waals surface area (Å²) in [4.78, 5) is 19.3. The zero-order valence-electron chi connectivity index (χ0n) is 17.1. The maximum Gasteiger partial charge on any atom is 0.241 e. The molecule has 0 spiro atoms. The molecular weight excluding hydrogens is 368 g/mol. The smallest absolute Gasteiger partial charge is 0.241 e. The van der Waals surface area contributed by atoms with Gasteiger partial charge in [0.2, 0.25) is 11.8 Å². The second-order valence-corrected chi connectivity index (χ2v) is 7.59. The Bertz CT molecular complexity index is 991. The predicted octanol–water partition coefficient (Wildman–Crippen LogP) is 3.17. The Morgan fingerprint density at radius 3 is 2.66 bits per heavy atom. The molecule has 8 nitrogen and oxygen atoms in total. The van der Waals surface area contributed by atoms with E-state index in [9.17, 15) is 4.79 Å². The lowest BCUT2D eigenvalue weighted by Gasteiger charge is -2.33. The van der Waals surface area contributed by atoms with Gasteiger partial charge in [-0.3, -0.25) is 9.69 Å². The first-order chi connectivity index (χ1) is 14.0. The fourth-order valence-corrected chi connectivity index (χ4v) is 3.86. The van der Waals surface area contributed by atoms with Crippen molar-refractivity contribution in [2.45, 2.75) is 52.6 Å². The summed E-state index contributed by atoms with van der Waals surface area (Å²) in [6.07, 6.45) is 2.92. The minimum absolute atomic E-state index is 0.000184. The van der Waals surface area contributed by atoms with Crippen LogP contribution in [0.1, 0.15) is 42.4 Å². The highest BCUT2D eigenvalue weighted by Crippen LogP contribution is 2.22. The van der Waals surface area contributed by atoms with Crippen molar-refractivity contribution in [1.82, 2.24) is 24.8 Å². The van der Waals surface area contributed by atoms with Crippen molar-refractivity contribution in [2.75, 3.05) is 11.9 Å². The van der Waals surface area contributed by atoms with E-state index in [1.807, 2.05) is 48.9 Å². The Labute approximate surface area is 169 Å². The molecule has 1 aliphatic rings. The second-order valence-electron chi connectivity index (χ2n) is 7.59. The Balaban J connectivity index is 1.43. The number of rotatable bonds is 5. The van der Waals surface area contributed by atoms with Gasteiger partial charge in [-0.05, 0) is 70.5 Å². The van der Waals surface area contributed by atoms with E-state index in [4.69, 9.17) is 4.52 Å². The highest BCUT2D eigenvalue weighted by atomic mass is 16.5. The first kappa shape index (κ1) is 19.3. The van der Waals surface area contributed by atoms with Gasteiger partial charge in [-0.25, -0.2) is 4.68 Å². The van der Waals surface area contributed by atoms with Crippen molar-refractivity contribution in [3.8, 4) is 5.69 Å². The van der Waals surface area contributed by atoms with Crippen LogP contribution in [0, 0.1) is 20.8 Å². The Morgan fingerprint density at radius 2 is 2.00 bits per heavy atom. The van der Waals surface area contributed by atoms with Crippen molar-refractivity contribution in [3.05, 3.63) is 53.4 Å². The van der Waals surface area contributed by atoms with Crippen LogP contribution in [-0.4, -0.2) is 43.3 Å². The number of aryl methyl sites for hydroxylation is 3. The third kappa shape index (κ3) is 4.37. The summed E-state index contributed by atoms with van der Waals surface area (Å²) in [6.45, 7) is 7.14. The largest absolute Gasteiger partial charge is 0.338 e. The molecule has 1 aliphatic heterocycles. The Hall–Kier alpha value is -3.00. The third-order valence-corrected chi connectivity index (χ3v) is 5.21. The summed E-state index contributed by atoms with van der Waals surface area (Å²) in [5, 5.41) is 11.4. The number of carbonyl (C=O) groups excluding carboxylic acids is 1. The van der Waals surface area contributed by atoms with E-state index >= 15 is 0 Å². The minimum atomic E-state index is -0.202. The fraction of sp³-hybridized carbons (Fsp3) is 0.429. The van der Waals surface area contributed by atoms with E-state index in [0.29, 0.717) is 18.3 Å². The summed E-state index contributed by atoms with van der Waals surface area (Å²) in [5.74, 6) is 1.16.